The summed E-state index contributed by atoms with van der Waals surface area (Å²) in [6.07, 6.45) is 6.96. The fraction of sp³-hybridized carbons (Fsp3) is 1.00. The summed E-state index contributed by atoms with van der Waals surface area (Å²) in [6, 6.07) is 0. The predicted octanol–water partition coefficient (Wildman–Crippen LogP) is 3.05. The third-order valence-electron chi connectivity index (χ3n) is 3.59. The zero-order valence-corrected chi connectivity index (χ0v) is 13.5. The Hall–Kier alpha value is -0.120. The van der Waals surface area contributed by atoms with Gasteiger partial charge in [0.2, 0.25) is 0 Å². The van der Waals surface area contributed by atoms with Gasteiger partial charge in [-0.2, -0.15) is 0 Å². The highest BCUT2D eigenvalue weighted by Crippen LogP contribution is 2.08. The molecule has 1 heterocycles. The SMILES string of the molecule is CC1CN(CCCCCCNC(C)(C)C)CCCO1. The van der Waals surface area contributed by atoms with Gasteiger partial charge in [0.15, 0.2) is 0 Å². The largest absolute Gasteiger partial charge is 0.377 e. The van der Waals surface area contributed by atoms with Gasteiger partial charge in [0.05, 0.1) is 6.10 Å². The van der Waals surface area contributed by atoms with Gasteiger partial charge >= 0.3 is 0 Å². The molecule has 0 saturated carbocycles. The minimum atomic E-state index is 0.266. The van der Waals surface area contributed by atoms with Crippen LogP contribution in [0.4, 0.5) is 0 Å². The highest BCUT2D eigenvalue weighted by Gasteiger charge is 2.14. The van der Waals surface area contributed by atoms with E-state index < -0.39 is 0 Å². The molecule has 1 unspecified atom stereocenters. The van der Waals surface area contributed by atoms with Gasteiger partial charge in [0.25, 0.3) is 0 Å². The lowest BCUT2D eigenvalue weighted by Crippen LogP contribution is -2.36. The van der Waals surface area contributed by atoms with E-state index in [9.17, 15) is 0 Å². The summed E-state index contributed by atoms with van der Waals surface area (Å²) < 4.78 is 5.67. The van der Waals surface area contributed by atoms with Gasteiger partial charge in [-0.25, -0.2) is 0 Å². The zero-order chi connectivity index (χ0) is 14.1. The summed E-state index contributed by atoms with van der Waals surface area (Å²) in [7, 11) is 0. The number of rotatable bonds is 7. The van der Waals surface area contributed by atoms with E-state index in [4.69, 9.17) is 4.74 Å². The van der Waals surface area contributed by atoms with Crippen molar-refractivity contribution >= 4 is 0 Å². The number of hydrogen-bond acceptors (Lipinski definition) is 3. The van der Waals surface area contributed by atoms with Gasteiger partial charge in [-0.1, -0.05) is 12.8 Å². The van der Waals surface area contributed by atoms with E-state index >= 15 is 0 Å². The molecule has 0 amide bonds. The zero-order valence-electron chi connectivity index (χ0n) is 13.5. The minimum Gasteiger partial charge on any atom is -0.377 e. The summed E-state index contributed by atoms with van der Waals surface area (Å²) in [5.74, 6) is 0. The van der Waals surface area contributed by atoms with E-state index in [2.05, 4.69) is 37.9 Å². The first-order chi connectivity index (χ1) is 8.97. The molecule has 0 bridgehead atoms. The molecule has 1 N–H and O–H groups in total. The lowest BCUT2D eigenvalue weighted by atomic mass is 10.1. The molecular weight excluding hydrogens is 236 g/mol. The molecule has 114 valence electrons. The van der Waals surface area contributed by atoms with Crippen molar-refractivity contribution in [3.05, 3.63) is 0 Å². The van der Waals surface area contributed by atoms with E-state index in [0.29, 0.717) is 6.10 Å². The standard InChI is InChI=1S/C16H34N2O/c1-15-14-18(12-9-13-19-15)11-8-6-5-7-10-17-16(2,3)4/h15,17H,5-14H2,1-4H3. The van der Waals surface area contributed by atoms with Crippen molar-refractivity contribution in [2.45, 2.75) is 71.4 Å². The maximum atomic E-state index is 5.67. The minimum absolute atomic E-state index is 0.266. The molecule has 0 aromatic carbocycles. The Morgan fingerprint density at radius 3 is 2.63 bits per heavy atom. The molecule has 0 aromatic rings. The van der Waals surface area contributed by atoms with Gasteiger partial charge in [-0.15, -0.1) is 0 Å². The molecular formula is C16H34N2O. The average molecular weight is 270 g/mol. The normalized spacial score (nSPS) is 22.4. The van der Waals surface area contributed by atoms with Crippen LogP contribution in [0, 0.1) is 0 Å². The molecule has 1 fully saturated rings. The smallest absolute Gasteiger partial charge is 0.0673 e. The second-order valence-corrected chi connectivity index (χ2v) is 6.93. The van der Waals surface area contributed by atoms with E-state index in [1.54, 1.807) is 0 Å². The topological polar surface area (TPSA) is 24.5 Å². The summed E-state index contributed by atoms with van der Waals surface area (Å²) in [5, 5.41) is 3.55. The lowest BCUT2D eigenvalue weighted by Gasteiger charge is -2.22. The fourth-order valence-corrected chi connectivity index (χ4v) is 2.56. The average Bonchev–Trinajstić information content (AvgIpc) is 2.51. The Morgan fingerprint density at radius 1 is 1.16 bits per heavy atom. The molecule has 0 aromatic heterocycles. The highest BCUT2D eigenvalue weighted by atomic mass is 16.5. The van der Waals surface area contributed by atoms with E-state index in [1.165, 1.54) is 45.2 Å². The molecule has 1 aliphatic rings. The molecule has 1 saturated heterocycles. The molecule has 3 nitrogen and oxygen atoms in total. The Balaban J connectivity index is 1.95. The van der Waals surface area contributed by atoms with Crippen LogP contribution in [0.2, 0.25) is 0 Å². The number of hydrogen-bond donors (Lipinski definition) is 1. The third-order valence-corrected chi connectivity index (χ3v) is 3.59. The van der Waals surface area contributed by atoms with Crippen molar-refractivity contribution in [1.82, 2.24) is 10.2 Å². The Morgan fingerprint density at radius 2 is 1.89 bits per heavy atom. The fourth-order valence-electron chi connectivity index (χ4n) is 2.56. The second kappa shape index (κ2) is 8.93. The van der Waals surface area contributed by atoms with Crippen molar-refractivity contribution in [3.63, 3.8) is 0 Å². The summed E-state index contributed by atoms with van der Waals surface area (Å²) in [5.41, 5.74) is 0.266. The molecule has 19 heavy (non-hydrogen) atoms. The molecule has 0 aliphatic carbocycles. The van der Waals surface area contributed by atoms with Crippen molar-refractivity contribution in [2.75, 3.05) is 32.8 Å². The number of nitrogens with zero attached hydrogens (tertiary/aromatic N) is 1. The Bertz CT molecular complexity index is 225. The first kappa shape index (κ1) is 16.9. The predicted molar refractivity (Wildman–Crippen MR) is 82.7 cm³/mol. The van der Waals surface area contributed by atoms with Gasteiger partial charge < -0.3 is 15.0 Å². The van der Waals surface area contributed by atoms with Crippen LogP contribution >= 0.6 is 0 Å². The van der Waals surface area contributed by atoms with Crippen molar-refractivity contribution in [3.8, 4) is 0 Å². The third kappa shape index (κ3) is 9.42. The van der Waals surface area contributed by atoms with Gasteiger partial charge in [0, 0.05) is 25.2 Å². The van der Waals surface area contributed by atoms with Crippen LogP contribution in [0.15, 0.2) is 0 Å². The van der Waals surface area contributed by atoms with Crippen LogP contribution in [0.5, 0.6) is 0 Å². The highest BCUT2D eigenvalue weighted by molar-refractivity contribution is 4.70. The van der Waals surface area contributed by atoms with E-state index in [-0.39, 0.29) is 5.54 Å². The molecule has 1 aliphatic heterocycles. The van der Waals surface area contributed by atoms with Crippen LogP contribution < -0.4 is 5.32 Å². The molecule has 1 rings (SSSR count). The number of ether oxygens (including phenoxy) is 1. The Labute approximate surface area is 120 Å². The van der Waals surface area contributed by atoms with Crippen molar-refractivity contribution in [1.29, 1.82) is 0 Å². The quantitative estimate of drug-likeness (QED) is 0.720. The number of nitrogens with one attached hydrogen (secondary N) is 1. The van der Waals surface area contributed by atoms with Gasteiger partial charge in [0.1, 0.15) is 0 Å². The van der Waals surface area contributed by atoms with Crippen LogP contribution in [0.1, 0.15) is 59.8 Å². The Kier molecular flexibility index (Phi) is 7.96. The van der Waals surface area contributed by atoms with Gasteiger partial charge in [-0.3, -0.25) is 0 Å². The number of unbranched alkanes of at least 4 members (excludes halogenated alkanes) is 3. The van der Waals surface area contributed by atoms with Crippen LogP contribution in [0.3, 0.4) is 0 Å². The summed E-state index contributed by atoms with van der Waals surface area (Å²) in [6.45, 7) is 14.6. The summed E-state index contributed by atoms with van der Waals surface area (Å²) in [4.78, 5) is 2.57. The molecule has 0 radical (unpaired) electrons. The summed E-state index contributed by atoms with van der Waals surface area (Å²) >= 11 is 0. The van der Waals surface area contributed by atoms with Crippen molar-refractivity contribution in [2.24, 2.45) is 0 Å². The van der Waals surface area contributed by atoms with E-state index in [0.717, 1.165) is 19.7 Å². The monoisotopic (exact) mass is 270 g/mol. The van der Waals surface area contributed by atoms with Crippen LogP contribution in [-0.4, -0.2) is 49.3 Å². The molecule has 0 spiro atoms. The first-order valence-electron chi connectivity index (χ1n) is 8.06. The lowest BCUT2D eigenvalue weighted by molar-refractivity contribution is 0.0675. The van der Waals surface area contributed by atoms with E-state index in [1.807, 2.05) is 0 Å². The first-order valence-corrected chi connectivity index (χ1v) is 8.06. The van der Waals surface area contributed by atoms with Crippen LogP contribution in [-0.2, 0) is 4.74 Å². The van der Waals surface area contributed by atoms with Gasteiger partial charge in [-0.05, 0) is 60.0 Å². The van der Waals surface area contributed by atoms with Crippen LogP contribution in [0.25, 0.3) is 0 Å². The van der Waals surface area contributed by atoms with Crippen molar-refractivity contribution < 1.29 is 4.74 Å². The second-order valence-electron chi connectivity index (χ2n) is 6.93. The molecule has 3 heteroatoms. The maximum absolute atomic E-state index is 5.67. The maximum Gasteiger partial charge on any atom is 0.0673 e. The molecule has 1 atom stereocenters.